The first-order valence-electron chi connectivity index (χ1n) is 5.41. The lowest BCUT2D eigenvalue weighted by molar-refractivity contribution is 0.0693. The van der Waals surface area contributed by atoms with E-state index in [0.717, 1.165) is 30.3 Å². The molecule has 0 fully saturated rings. The Bertz CT molecular complexity index is 723. The lowest BCUT2D eigenvalue weighted by Gasteiger charge is -2.10. The first kappa shape index (κ1) is 13.5. The Kier molecular flexibility index (Phi) is 3.62. The summed E-state index contributed by atoms with van der Waals surface area (Å²) in [6.45, 7) is 0. The van der Waals surface area contributed by atoms with Gasteiger partial charge in [0.15, 0.2) is 0 Å². The molecule has 0 saturated carbocycles. The lowest BCUT2D eigenvalue weighted by atomic mass is 10.2. The van der Waals surface area contributed by atoms with E-state index in [2.05, 4.69) is 0 Å². The number of carbonyl (C=O) groups is 1. The summed E-state index contributed by atoms with van der Waals surface area (Å²) in [5.41, 5.74) is -0.483. The molecule has 0 radical (unpaired) electrons. The highest BCUT2D eigenvalue weighted by Crippen LogP contribution is 2.29. The molecule has 0 amide bonds. The molecule has 2 rings (SSSR count). The Morgan fingerprint density at radius 3 is 2.30 bits per heavy atom. The van der Waals surface area contributed by atoms with Crippen molar-refractivity contribution in [2.45, 2.75) is 0 Å². The maximum Gasteiger partial charge on any atom is 0.339 e. The summed E-state index contributed by atoms with van der Waals surface area (Å²) in [6.07, 6.45) is 0. The molecule has 0 spiro atoms. The van der Waals surface area contributed by atoms with Crippen molar-refractivity contribution < 1.29 is 23.4 Å². The summed E-state index contributed by atoms with van der Waals surface area (Å²) in [7, 11) is 0. The number of nitrogens with zero attached hydrogens (tertiary/aromatic N) is 1. The number of ether oxygens (including phenoxy) is 1. The normalized spacial score (nSPS) is 9.85. The molecule has 0 aliphatic carbocycles. The van der Waals surface area contributed by atoms with Crippen LogP contribution in [-0.2, 0) is 0 Å². The zero-order chi connectivity index (χ0) is 14.7. The van der Waals surface area contributed by atoms with Crippen LogP contribution in [0.1, 0.15) is 15.9 Å². The van der Waals surface area contributed by atoms with E-state index in [1.165, 1.54) is 6.07 Å². The number of nitriles is 1. The second-order valence-electron chi connectivity index (χ2n) is 3.80. The molecule has 0 atom stereocenters. The van der Waals surface area contributed by atoms with E-state index in [9.17, 15) is 13.6 Å². The summed E-state index contributed by atoms with van der Waals surface area (Å²) in [6, 6.07) is 7.91. The van der Waals surface area contributed by atoms with Gasteiger partial charge in [0.1, 0.15) is 34.8 Å². The van der Waals surface area contributed by atoms with E-state index >= 15 is 0 Å². The van der Waals surface area contributed by atoms with Gasteiger partial charge in [0, 0.05) is 0 Å². The Morgan fingerprint density at radius 2 is 1.70 bits per heavy atom. The Balaban J connectivity index is 2.45. The minimum Gasteiger partial charge on any atom is -0.478 e. The van der Waals surface area contributed by atoms with Crippen LogP contribution in [-0.4, -0.2) is 11.1 Å². The van der Waals surface area contributed by atoms with E-state index < -0.39 is 23.2 Å². The highest BCUT2D eigenvalue weighted by molar-refractivity contribution is 5.91. The van der Waals surface area contributed by atoms with E-state index in [1.54, 1.807) is 6.07 Å². The number of rotatable bonds is 3. The highest BCUT2D eigenvalue weighted by atomic mass is 19.1. The van der Waals surface area contributed by atoms with Gasteiger partial charge in [-0.3, -0.25) is 0 Å². The molecule has 100 valence electrons. The summed E-state index contributed by atoms with van der Waals surface area (Å²) in [5.74, 6) is -2.87. The quantitative estimate of drug-likeness (QED) is 0.932. The summed E-state index contributed by atoms with van der Waals surface area (Å²) in [5, 5.41) is 17.8. The van der Waals surface area contributed by atoms with E-state index in [1.807, 2.05) is 0 Å². The Morgan fingerprint density at radius 1 is 1.10 bits per heavy atom. The first-order chi connectivity index (χ1) is 9.51. The standard InChI is InChI=1S/C14H7F2NO3/c15-9-1-3-12(8(5-9)7-17)20-13-4-2-10(16)6-11(13)14(18)19/h1-6H,(H,18,19). The second kappa shape index (κ2) is 5.36. The largest absolute Gasteiger partial charge is 0.478 e. The van der Waals surface area contributed by atoms with Gasteiger partial charge in [-0.05, 0) is 36.4 Å². The molecule has 0 aliphatic heterocycles. The SMILES string of the molecule is N#Cc1cc(F)ccc1Oc1ccc(F)cc1C(=O)O. The van der Waals surface area contributed by atoms with Crippen LogP contribution in [0.4, 0.5) is 8.78 Å². The van der Waals surface area contributed by atoms with Crippen LogP contribution in [0.3, 0.4) is 0 Å². The maximum absolute atomic E-state index is 13.0. The van der Waals surface area contributed by atoms with Crippen LogP contribution < -0.4 is 4.74 Å². The van der Waals surface area contributed by atoms with Crippen molar-refractivity contribution in [1.82, 2.24) is 0 Å². The van der Waals surface area contributed by atoms with Gasteiger partial charge < -0.3 is 9.84 Å². The van der Waals surface area contributed by atoms with Gasteiger partial charge in [-0.15, -0.1) is 0 Å². The smallest absolute Gasteiger partial charge is 0.339 e. The molecule has 20 heavy (non-hydrogen) atoms. The van der Waals surface area contributed by atoms with Crippen molar-refractivity contribution in [3.05, 3.63) is 59.2 Å². The molecule has 6 heteroatoms. The van der Waals surface area contributed by atoms with Crippen molar-refractivity contribution >= 4 is 5.97 Å². The summed E-state index contributed by atoms with van der Waals surface area (Å²) < 4.78 is 31.3. The fraction of sp³-hybridized carbons (Fsp3) is 0. The molecule has 0 saturated heterocycles. The van der Waals surface area contributed by atoms with Crippen molar-refractivity contribution in [3.8, 4) is 17.6 Å². The van der Waals surface area contributed by atoms with Crippen molar-refractivity contribution in [2.24, 2.45) is 0 Å². The zero-order valence-corrected chi connectivity index (χ0v) is 9.93. The fourth-order valence-electron chi connectivity index (χ4n) is 1.56. The molecule has 1 N–H and O–H groups in total. The molecule has 2 aromatic carbocycles. The molecule has 4 nitrogen and oxygen atoms in total. The number of hydrogen-bond acceptors (Lipinski definition) is 3. The maximum atomic E-state index is 13.0. The van der Waals surface area contributed by atoms with Gasteiger partial charge in [0.2, 0.25) is 0 Å². The van der Waals surface area contributed by atoms with Gasteiger partial charge >= 0.3 is 5.97 Å². The van der Waals surface area contributed by atoms with Crippen LogP contribution in [0.5, 0.6) is 11.5 Å². The third-order valence-corrected chi connectivity index (χ3v) is 2.45. The molecule has 0 heterocycles. The topological polar surface area (TPSA) is 70.3 Å². The van der Waals surface area contributed by atoms with Gasteiger partial charge in [-0.1, -0.05) is 0 Å². The molecular weight excluding hydrogens is 268 g/mol. The predicted octanol–water partition coefficient (Wildman–Crippen LogP) is 3.33. The van der Waals surface area contributed by atoms with Crippen LogP contribution in [0, 0.1) is 23.0 Å². The summed E-state index contributed by atoms with van der Waals surface area (Å²) in [4.78, 5) is 11.0. The third kappa shape index (κ3) is 2.72. The Hall–Kier alpha value is -2.94. The van der Waals surface area contributed by atoms with Crippen LogP contribution in [0.25, 0.3) is 0 Å². The third-order valence-electron chi connectivity index (χ3n) is 2.45. The molecule has 0 bridgehead atoms. The van der Waals surface area contributed by atoms with Gasteiger partial charge in [0.05, 0.1) is 5.56 Å². The molecule has 0 unspecified atom stereocenters. The van der Waals surface area contributed by atoms with Crippen LogP contribution in [0.2, 0.25) is 0 Å². The molecule has 0 aromatic heterocycles. The average Bonchev–Trinajstić information content (AvgIpc) is 2.42. The van der Waals surface area contributed by atoms with Crippen molar-refractivity contribution in [1.29, 1.82) is 5.26 Å². The average molecular weight is 275 g/mol. The van der Waals surface area contributed by atoms with Crippen LogP contribution >= 0.6 is 0 Å². The number of hydrogen-bond donors (Lipinski definition) is 1. The van der Waals surface area contributed by atoms with Gasteiger partial charge in [-0.2, -0.15) is 5.26 Å². The number of carboxylic acid groups (broad SMARTS) is 1. The number of aromatic carboxylic acids is 1. The van der Waals surface area contributed by atoms with Crippen LogP contribution in [0.15, 0.2) is 36.4 Å². The monoisotopic (exact) mass is 275 g/mol. The lowest BCUT2D eigenvalue weighted by Crippen LogP contribution is -2.01. The second-order valence-corrected chi connectivity index (χ2v) is 3.80. The Labute approximate surface area is 112 Å². The fourth-order valence-corrected chi connectivity index (χ4v) is 1.56. The highest BCUT2D eigenvalue weighted by Gasteiger charge is 2.15. The van der Waals surface area contributed by atoms with Gasteiger partial charge in [-0.25, -0.2) is 13.6 Å². The van der Waals surface area contributed by atoms with E-state index in [0.29, 0.717) is 0 Å². The van der Waals surface area contributed by atoms with Crippen molar-refractivity contribution in [3.63, 3.8) is 0 Å². The predicted molar refractivity (Wildman–Crippen MR) is 64.5 cm³/mol. The summed E-state index contributed by atoms with van der Waals surface area (Å²) >= 11 is 0. The van der Waals surface area contributed by atoms with Gasteiger partial charge in [0.25, 0.3) is 0 Å². The van der Waals surface area contributed by atoms with Crippen molar-refractivity contribution in [2.75, 3.05) is 0 Å². The minimum absolute atomic E-state index is 0.0111. The number of halogens is 2. The first-order valence-corrected chi connectivity index (χ1v) is 5.41. The zero-order valence-electron chi connectivity index (χ0n) is 9.93. The number of carboxylic acids is 1. The number of benzene rings is 2. The minimum atomic E-state index is -1.37. The molecule has 0 aliphatic rings. The van der Waals surface area contributed by atoms with E-state index in [4.69, 9.17) is 15.1 Å². The van der Waals surface area contributed by atoms with E-state index in [-0.39, 0.29) is 17.1 Å². The molecular formula is C14H7F2NO3. The molecule has 2 aromatic rings.